The van der Waals surface area contributed by atoms with E-state index in [0.717, 1.165) is 70.4 Å². The van der Waals surface area contributed by atoms with Crippen molar-refractivity contribution in [2.24, 2.45) is 0 Å². The molecule has 3 aromatic rings. The fraction of sp³-hybridized carbons (Fsp3) is 0.702. The number of rotatable bonds is 54. The van der Waals surface area contributed by atoms with E-state index in [4.69, 9.17) is 44.6 Å². The van der Waals surface area contributed by atoms with Gasteiger partial charge in [0.15, 0.2) is 24.1 Å². The molecule has 18 N–H and O–H groups in total. The number of nitrogens with one attached hydrogen (secondary N) is 3. The molecule has 4 heterocycles. The molecule has 121 heavy (non-hydrogen) atoms. The zero-order chi connectivity index (χ0) is 88.7. The molecular weight excluding hydrogens is 1620 g/mol. The Morgan fingerprint density at radius 3 is 1.64 bits per heavy atom. The van der Waals surface area contributed by atoms with Gasteiger partial charge in [-0.25, -0.2) is 21.6 Å². The van der Waals surface area contributed by atoms with Gasteiger partial charge >= 0.3 is 5.97 Å². The van der Waals surface area contributed by atoms with Gasteiger partial charge in [0.1, 0.15) is 91.1 Å². The lowest BCUT2D eigenvalue weighted by Gasteiger charge is -2.50. The minimum Gasteiger partial charge on any atom is -0.744 e. The van der Waals surface area contributed by atoms with Gasteiger partial charge in [-0.1, -0.05) is 210 Å². The SMILES string of the molecule is CCCCCCCCCCCCC/C=C/[C@@H](O)[C@H](CO[C@@H]1O[C@H](CO)[C@@H](O[C@@H]2O[C@H](CO)[C@H](O)[C@H](O[C@]3(C(=O)O)C[C@H](O)[C@@H](NC(C)=O)[C@H]([C@H](O)[C@H](O)CNC(=O)CCCN(C)C(=O)c4ccccc4C4c5ccc(N)c(S(=O)(=O)[O-])c5Oc5c4ccc(N)c5S(=O)(=O)[O-])O3)[C@H]2O)[C@H](O)[C@H]1O)NC(=O)CCCCCCCCCCCCCCCCC. The average molecular weight is 1750 g/mol. The van der Waals surface area contributed by atoms with Crippen molar-refractivity contribution < 1.29 is 139 Å². The number of aliphatic carboxylic acids is 1. The molecule has 7 rings (SSSR count). The lowest BCUT2D eigenvalue weighted by Crippen LogP contribution is -2.71. The lowest BCUT2D eigenvalue weighted by molar-refractivity contribution is -0.386. The molecule has 3 fully saturated rings. The van der Waals surface area contributed by atoms with Crippen molar-refractivity contribution in [2.45, 2.75) is 345 Å². The van der Waals surface area contributed by atoms with Crippen LogP contribution in [0.15, 0.2) is 70.5 Å². The number of unbranched alkanes of at least 4 members (excludes halogenated alkanes) is 25. The summed E-state index contributed by atoms with van der Waals surface area (Å²) >= 11 is 0. The number of fused-ring (bicyclic) bond motifs is 2. The topological polar surface area (TPSA) is 578 Å². The molecule has 37 heteroatoms. The van der Waals surface area contributed by atoms with Crippen molar-refractivity contribution in [1.29, 1.82) is 0 Å². The highest BCUT2D eigenvalue weighted by atomic mass is 32.2. The Bertz CT molecular complexity index is 3930. The van der Waals surface area contributed by atoms with E-state index in [1.165, 1.54) is 157 Å². The molecule has 4 aliphatic rings. The number of carbonyl (C=O) groups excluding carboxylic acids is 4. The van der Waals surface area contributed by atoms with Crippen LogP contribution >= 0.6 is 0 Å². The van der Waals surface area contributed by atoms with Crippen LogP contribution in [-0.4, -0.2) is 266 Å². The van der Waals surface area contributed by atoms with Gasteiger partial charge in [-0.3, -0.25) is 19.2 Å². The third kappa shape index (κ3) is 29.2. The molecule has 684 valence electrons. The predicted octanol–water partition coefficient (Wildman–Crippen LogP) is 5.10. The second-order valence-corrected chi connectivity index (χ2v) is 34.8. The molecule has 0 spiro atoms. The number of hydrogen-bond donors (Lipinski definition) is 16. The number of nitrogens with zero attached hydrogens (tertiary/aromatic N) is 1. The minimum atomic E-state index is -5.47. The first-order valence-corrected chi connectivity index (χ1v) is 45.6. The number of hydrogen-bond acceptors (Lipinski definition) is 30. The van der Waals surface area contributed by atoms with E-state index in [9.17, 15) is 106 Å². The number of carbonyl (C=O) groups is 5. The molecule has 0 aromatic heterocycles. The summed E-state index contributed by atoms with van der Waals surface area (Å²) < 4.78 is 117. The van der Waals surface area contributed by atoms with Crippen molar-refractivity contribution in [3.63, 3.8) is 0 Å². The first-order valence-electron chi connectivity index (χ1n) is 42.8. The molecule has 0 saturated carbocycles. The van der Waals surface area contributed by atoms with Crippen LogP contribution in [0.25, 0.3) is 0 Å². The molecule has 0 aliphatic carbocycles. The molecule has 0 bridgehead atoms. The van der Waals surface area contributed by atoms with Crippen LogP contribution in [-0.2, 0) is 67.8 Å². The number of carboxylic acid groups (broad SMARTS) is 1. The molecule has 3 aromatic carbocycles. The molecule has 35 nitrogen and oxygen atoms in total. The first-order chi connectivity index (χ1) is 57.6. The number of nitrogens with two attached hydrogens (primary N) is 2. The summed E-state index contributed by atoms with van der Waals surface area (Å²) in [6.45, 7) is 1.86. The summed E-state index contributed by atoms with van der Waals surface area (Å²) in [5.41, 5.74) is 10.6. The van der Waals surface area contributed by atoms with Gasteiger partial charge in [0, 0.05) is 68.9 Å². The molecular formula is C84H130N6O29S2-2. The number of benzene rings is 3. The zero-order valence-electron chi connectivity index (χ0n) is 69.8. The summed E-state index contributed by atoms with van der Waals surface area (Å²) in [4.78, 5) is 66.7. The van der Waals surface area contributed by atoms with Gasteiger partial charge in [0.2, 0.25) is 17.7 Å². The third-order valence-corrected chi connectivity index (χ3v) is 24.5. The maximum absolute atomic E-state index is 14.4. The Morgan fingerprint density at radius 2 is 1.13 bits per heavy atom. The van der Waals surface area contributed by atoms with Crippen LogP contribution in [0.2, 0.25) is 0 Å². The third-order valence-electron chi connectivity index (χ3n) is 22.7. The Hall–Kier alpha value is -6.67. The monoisotopic (exact) mass is 1750 g/mol. The Morgan fingerprint density at radius 1 is 0.628 bits per heavy atom. The maximum atomic E-state index is 14.4. The van der Waals surface area contributed by atoms with Gasteiger partial charge in [-0.2, -0.15) is 0 Å². The normalized spacial score (nSPS) is 24.9. The summed E-state index contributed by atoms with van der Waals surface area (Å²) in [6, 6.07) is 7.69. The highest BCUT2D eigenvalue weighted by Gasteiger charge is 2.60. The predicted molar refractivity (Wildman–Crippen MR) is 439 cm³/mol. The molecule has 0 unspecified atom stereocenters. The standard InChI is InChI=1S/C84H132N6O29S2/c1-5-7-9-11-13-15-17-19-20-22-24-26-28-30-32-39-65(98)89-58(59(94)38-31-29-27-25-23-21-18-16-14-12-10-8-6-2)50-113-81-71(102)70(101)75(63(49-92)115-81)117-82-72(103)77(69(100)62(48-91)114-82)119-84(83(105)106)46-60(95)67(88-51(3)93)76(118-84)68(99)61(96)47-87-64(97)40-35-45-90(4)80(104)53-37-34-33-36-52(53)66-54-41-43-56(85)78(120(107,108)109)73(54)116-74-55(66)42-44-57(86)79(74)121(110,111)112/h31,33-34,36-38,41-44,58-63,66-72,75-77,81-82,91-92,94-96,99-103H,5-30,32,35,39-40,45-50,85-86H2,1-4H3,(H,87,97)(H,88,93)(H,89,98)(H,105,106)(H,107,108,109)(H,110,111,112)/p-2/b38-31+/t58-,59+,60-,61+,62+,63+,67+,68+,69-,70+,71+,72+,75+,76+,77-,81+,82-,84-/m0/s1. The van der Waals surface area contributed by atoms with Gasteiger partial charge < -0.3 is 131 Å². The van der Waals surface area contributed by atoms with Crippen molar-refractivity contribution in [2.75, 3.05) is 51.4 Å². The number of ether oxygens (including phenoxy) is 7. The van der Waals surface area contributed by atoms with E-state index in [2.05, 4.69) is 29.8 Å². The molecule has 0 radical (unpaired) electrons. The van der Waals surface area contributed by atoms with Crippen LogP contribution in [0.3, 0.4) is 0 Å². The van der Waals surface area contributed by atoms with Crippen LogP contribution in [0, 0.1) is 0 Å². The molecule has 4 aliphatic heterocycles. The van der Waals surface area contributed by atoms with Crippen molar-refractivity contribution in [3.8, 4) is 11.5 Å². The van der Waals surface area contributed by atoms with Crippen molar-refractivity contribution in [3.05, 3.63) is 82.9 Å². The quantitative estimate of drug-likeness (QED) is 0.0118. The Labute approximate surface area is 709 Å². The van der Waals surface area contributed by atoms with E-state index in [0.29, 0.717) is 12.8 Å². The number of nitrogen functional groups attached to an aromatic ring is 2. The second-order valence-electron chi connectivity index (χ2n) is 32.2. The number of allylic oxidation sites excluding steroid dienone is 1. The highest BCUT2D eigenvalue weighted by Crippen LogP contribution is 2.54. The van der Waals surface area contributed by atoms with E-state index >= 15 is 0 Å². The number of aliphatic hydroxyl groups is 10. The van der Waals surface area contributed by atoms with Crippen molar-refractivity contribution in [1.82, 2.24) is 20.9 Å². The smallest absolute Gasteiger partial charge is 0.364 e. The largest absolute Gasteiger partial charge is 0.744 e. The van der Waals surface area contributed by atoms with E-state index in [1.807, 2.05) is 6.08 Å². The van der Waals surface area contributed by atoms with E-state index in [-0.39, 0.29) is 54.0 Å². The minimum absolute atomic E-state index is 0.0685. The molecule has 18 atom stereocenters. The van der Waals surface area contributed by atoms with Crippen molar-refractivity contribution >= 4 is 61.2 Å². The number of amides is 4. The summed E-state index contributed by atoms with van der Waals surface area (Å²) in [6.07, 6.45) is 2.19. The lowest BCUT2D eigenvalue weighted by atomic mass is 9.80. The van der Waals surface area contributed by atoms with Gasteiger partial charge in [0.05, 0.1) is 61.6 Å². The summed E-state index contributed by atoms with van der Waals surface area (Å²) in [5.74, 6) is -10.8. The molecule has 3 saturated heterocycles. The van der Waals surface area contributed by atoms with Gasteiger partial charge in [-0.05, 0) is 49.4 Å². The van der Waals surface area contributed by atoms with Gasteiger partial charge in [-0.15, -0.1) is 0 Å². The number of anilines is 2. The number of carboxylic acids is 1. The fourth-order valence-corrected chi connectivity index (χ4v) is 17.4. The summed E-state index contributed by atoms with van der Waals surface area (Å²) in [5, 5.41) is 133. The summed E-state index contributed by atoms with van der Waals surface area (Å²) in [7, 11) is -9.58. The van der Waals surface area contributed by atoms with E-state index in [1.54, 1.807) is 6.08 Å². The zero-order valence-corrected chi connectivity index (χ0v) is 71.4. The van der Waals surface area contributed by atoms with Crippen LogP contribution in [0.1, 0.15) is 253 Å². The highest BCUT2D eigenvalue weighted by molar-refractivity contribution is 7.86. The van der Waals surface area contributed by atoms with Crippen LogP contribution in [0.5, 0.6) is 11.5 Å². The van der Waals surface area contributed by atoms with Crippen LogP contribution < -0.4 is 32.2 Å². The Balaban J connectivity index is 0.967. The van der Waals surface area contributed by atoms with E-state index < -0.39 is 225 Å². The molecule has 4 amide bonds. The average Bonchev–Trinajstić information content (AvgIpc) is 0.723. The Kier molecular flexibility index (Phi) is 41.8. The van der Waals surface area contributed by atoms with Crippen LogP contribution in [0.4, 0.5) is 11.4 Å². The fourth-order valence-electron chi connectivity index (χ4n) is 16.0. The maximum Gasteiger partial charge on any atom is 0.364 e. The first kappa shape index (κ1) is 101. The van der Waals surface area contributed by atoms with Gasteiger partial charge in [0.25, 0.3) is 11.7 Å². The second kappa shape index (κ2) is 49.9. The number of aliphatic hydroxyl groups excluding tert-OH is 10.